The zero-order valence-electron chi connectivity index (χ0n) is 9.55. The lowest BCUT2D eigenvalue weighted by atomic mass is 9.80. The summed E-state index contributed by atoms with van der Waals surface area (Å²) in [6, 6.07) is 0. The topological polar surface area (TPSA) is 17.1 Å². The van der Waals surface area contributed by atoms with E-state index in [0.29, 0.717) is 0 Å². The Hall–Kier alpha value is -0.240. The molecule has 0 aliphatic heterocycles. The van der Waals surface area contributed by atoms with Crippen LogP contribution in [-0.2, 0) is 4.79 Å². The third kappa shape index (κ3) is 7.19. The predicted molar refractivity (Wildman–Crippen MR) is 65.6 cm³/mol. The third-order valence-corrected chi connectivity index (χ3v) is 2.71. The van der Waals surface area contributed by atoms with Crippen molar-refractivity contribution in [2.45, 2.75) is 46.5 Å². The van der Waals surface area contributed by atoms with E-state index in [2.05, 4.69) is 33.1 Å². The number of allylic oxidation sites excluding steroid dienone is 1. The van der Waals surface area contributed by atoms with Crippen LogP contribution in [0.1, 0.15) is 46.5 Å². The summed E-state index contributed by atoms with van der Waals surface area (Å²) in [4.78, 5) is 9.31. The molecule has 1 fully saturated rings. The second-order valence-corrected chi connectivity index (χ2v) is 4.95. The molecule has 0 aromatic rings. The van der Waals surface area contributed by atoms with Gasteiger partial charge in [0.05, 0.1) is 0 Å². The van der Waals surface area contributed by atoms with Crippen molar-refractivity contribution < 1.29 is 4.79 Å². The predicted octanol–water partition coefficient (Wildman–Crippen LogP) is 3.85. The molecule has 0 spiro atoms. The van der Waals surface area contributed by atoms with E-state index in [1.807, 2.05) is 0 Å². The Morgan fingerprint density at radius 3 is 1.86 bits per heavy atom. The van der Waals surface area contributed by atoms with E-state index in [0.717, 1.165) is 11.8 Å². The summed E-state index contributed by atoms with van der Waals surface area (Å²) in [5.74, 6) is 1.81. The Balaban J connectivity index is 0.000000364. The molecule has 2 heteroatoms. The van der Waals surface area contributed by atoms with Crippen LogP contribution in [0.4, 0.5) is 0 Å². The molecule has 0 unspecified atom stereocenters. The minimum absolute atomic E-state index is 0.139. The summed E-state index contributed by atoms with van der Waals surface area (Å²) in [5, 5.41) is -0.139. The van der Waals surface area contributed by atoms with Gasteiger partial charge in [0, 0.05) is 6.92 Å². The SMILES string of the molecule is C=C(C)C1CCC(C)CC1.CC(=O)S. The molecule has 1 aliphatic carbocycles. The molecule has 0 heterocycles. The first-order valence-electron chi connectivity index (χ1n) is 5.28. The second-order valence-electron chi connectivity index (χ2n) is 4.32. The number of rotatable bonds is 1. The van der Waals surface area contributed by atoms with Gasteiger partial charge in [-0.1, -0.05) is 31.9 Å². The summed E-state index contributed by atoms with van der Waals surface area (Å²) in [6.45, 7) is 9.92. The van der Waals surface area contributed by atoms with Crippen LogP contribution in [0.3, 0.4) is 0 Å². The first kappa shape index (κ1) is 13.8. The van der Waals surface area contributed by atoms with E-state index in [9.17, 15) is 4.79 Å². The molecular weight excluding hydrogens is 192 g/mol. The molecule has 1 saturated carbocycles. The van der Waals surface area contributed by atoms with Gasteiger partial charge in [-0.15, -0.1) is 12.6 Å². The van der Waals surface area contributed by atoms with Crippen LogP contribution in [0.15, 0.2) is 12.2 Å². The van der Waals surface area contributed by atoms with Crippen LogP contribution in [-0.4, -0.2) is 5.12 Å². The van der Waals surface area contributed by atoms with E-state index < -0.39 is 0 Å². The van der Waals surface area contributed by atoms with Crippen LogP contribution >= 0.6 is 12.6 Å². The first-order chi connectivity index (χ1) is 6.43. The van der Waals surface area contributed by atoms with E-state index in [1.54, 1.807) is 0 Å². The standard InChI is InChI=1S/C10H18.C2H4OS/c1-8(2)10-6-4-9(3)5-7-10;1-2(3)4/h9-10H,1,4-7H2,2-3H3;1H3,(H,3,4). The fourth-order valence-electron chi connectivity index (χ4n) is 1.75. The van der Waals surface area contributed by atoms with Crippen molar-refractivity contribution in [3.8, 4) is 0 Å². The summed E-state index contributed by atoms with van der Waals surface area (Å²) in [6.07, 6.45) is 5.60. The van der Waals surface area contributed by atoms with Crippen LogP contribution < -0.4 is 0 Å². The van der Waals surface area contributed by atoms with Crippen LogP contribution in [0.5, 0.6) is 0 Å². The molecule has 14 heavy (non-hydrogen) atoms. The van der Waals surface area contributed by atoms with Crippen molar-refractivity contribution in [1.29, 1.82) is 0 Å². The Bertz CT molecular complexity index is 186. The van der Waals surface area contributed by atoms with Gasteiger partial charge in [0.1, 0.15) is 0 Å². The quantitative estimate of drug-likeness (QED) is 0.518. The lowest BCUT2D eigenvalue weighted by Crippen LogP contribution is -2.12. The number of hydrogen-bond acceptors (Lipinski definition) is 1. The van der Waals surface area contributed by atoms with Crippen molar-refractivity contribution in [3.63, 3.8) is 0 Å². The summed E-state index contributed by atoms with van der Waals surface area (Å²) in [7, 11) is 0. The smallest absolute Gasteiger partial charge is 0.182 e. The van der Waals surface area contributed by atoms with E-state index in [1.165, 1.54) is 38.2 Å². The zero-order valence-corrected chi connectivity index (χ0v) is 10.4. The number of carbonyl (C=O) groups is 1. The molecule has 0 saturated heterocycles. The molecule has 1 nitrogen and oxygen atoms in total. The first-order valence-corrected chi connectivity index (χ1v) is 5.73. The third-order valence-electron chi connectivity index (χ3n) is 2.71. The fraction of sp³-hybridized carbons (Fsp3) is 0.750. The number of hydrogen-bond donors (Lipinski definition) is 1. The van der Waals surface area contributed by atoms with Gasteiger partial charge in [0.25, 0.3) is 0 Å². The van der Waals surface area contributed by atoms with Crippen molar-refractivity contribution in [1.82, 2.24) is 0 Å². The van der Waals surface area contributed by atoms with Crippen molar-refractivity contribution in [2.24, 2.45) is 11.8 Å². The normalized spacial score (nSPS) is 26.0. The highest BCUT2D eigenvalue weighted by Crippen LogP contribution is 2.31. The average molecular weight is 214 g/mol. The molecule has 0 radical (unpaired) electrons. The maximum atomic E-state index is 9.31. The van der Waals surface area contributed by atoms with Crippen LogP contribution in [0.25, 0.3) is 0 Å². The van der Waals surface area contributed by atoms with Gasteiger partial charge >= 0.3 is 0 Å². The van der Waals surface area contributed by atoms with Gasteiger partial charge in [-0.2, -0.15) is 0 Å². The highest BCUT2D eigenvalue weighted by Gasteiger charge is 2.17. The highest BCUT2D eigenvalue weighted by molar-refractivity contribution is 7.96. The maximum absolute atomic E-state index is 9.31. The van der Waals surface area contributed by atoms with Crippen molar-refractivity contribution in [3.05, 3.63) is 12.2 Å². The van der Waals surface area contributed by atoms with E-state index in [-0.39, 0.29) is 5.12 Å². The molecule has 82 valence electrons. The lowest BCUT2D eigenvalue weighted by molar-refractivity contribution is -0.108. The molecule has 0 N–H and O–H groups in total. The van der Waals surface area contributed by atoms with Gasteiger partial charge in [0.15, 0.2) is 5.12 Å². The molecule has 0 aromatic carbocycles. The van der Waals surface area contributed by atoms with Gasteiger partial charge in [-0.05, 0) is 31.6 Å². The number of thiol groups is 1. The van der Waals surface area contributed by atoms with Gasteiger partial charge in [-0.25, -0.2) is 0 Å². The van der Waals surface area contributed by atoms with E-state index in [4.69, 9.17) is 0 Å². The van der Waals surface area contributed by atoms with Crippen LogP contribution in [0.2, 0.25) is 0 Å². The van der Waals surface area contributed by atoms with Gasteiger partial charge < -0.3 is 0 Å². The molecule has 0 atom stereocenters. The molecular formula is C12H22OS. The summed E-state index contributed by atoms with van der Waals surface area (Å²) >= 11 is 3.33. The zero-order chi connectivity index (χ0) is 11.1. The van der Waals surface area contributed by atoms with Crippen LogP contribution in [0, 0.1) is 11.8 Å². The van der Waals surface area contributed by atoms with Crippen molar-refractivity contribution >= 4 is 17.7 Å². The fourth-order valence-corrected chi connectivity index (χ4v) is 1.75. The maximum Gasteiger partial charge on any atom is 0.182 e. The summed E-state index contributed by atoms with van der Waals surface area (Å²) in [5.41, 5.74) is 1.40. The largest absolute Gasteiger partial charge is 0.288 e. The number of carbonyl (C=O) groups excluding carboxylic acids is 1. The van der Waals surface area contributed by atoms with Gasteiger partial charge in [0.2, 0.25) is 0 Å². The second kappa shape index (κ2) is 7.10. The monoisotopic (exact) mass is 214 g/mol. The van der Waals surface area contributed by atoms with Crippen molar-refractivity contribution in [2.75, 3.05) is 0 Å². The Morgan fingerprint density at radius 2 is 1.57 bits per heavy atom. The molecule has 1 aliphatic rings. The lowest BCUT2D eigenvalue weighted by Gasteiger charge is -2.26. The minimum atomic E-state index is -0.139. The molecule has 0 aromatic heterocycles. The van der Waals surface area contributed by atoms with Gasteiger partial charge in [-0.3, -0.25) is 4.79 Å². The minimum Gasteiger partial charge on any atom is -0.288 e. The molecule has 0 bridgehead atoms. The average Bonchev–Trinajstić information content (AvgIpc) is 2.03. The van der Waals surface area contributed by atoms with E-state index >= 15 is 0 Å². The Morgan fingerprint density at radius 1 is 1.21 bits per heavy atom. The molecule has 1 rings (SSSR count). The molecule has 0 amide bonds. The Labute approximate surface area is 93.4 Å². The Kier molecular flexibility index (Phi) is 6.98. The summed E-state index contributed by atoms with van der Waals surface area (Å²) < 4.78 is 0. The highest BCUT2D eigenvalue weighted by atomic mass is 32.1.